The average molecular weight is 318 g/mol. The van der Waals surface area contributed by atoms with Gasteiger partial charge in [-0.1, -0.05) is 72.5 Å². The molecule has 0 amide bonds. The second kappa shape index (κ2) is 5.58. The fraction of sp³-hybridized carbons (Fsp3) is 0.435. The molecular formula is C23H26O. The number of aryl methyl sites for hydroxylation is 2. The van der Waals surface area contributed by atoms with Crippen LogP contribution in [0.25, 0.3) is 0 Å². The zero-order valence-corrected chi connectivity index (χ0v) is 14.8. The van der Waals surface area contributed by atoms with Crippen LogP contribution in [0.2, 0.25) is 0 Å². The summed E-state index contributed by atoms with van der Waals surface area (Å²) in [7, 11) is 0. The van der Waals surface area contributed by atoms with Crippen molar-refractivity contribution in [1.29, 1.82) is 0 Å². The maximum absolute atomic E-state index is 13.9. The van der Waals surface area contributed by atoms with Crippen molar-refractivity contribution in [3.05, 3.63) is 70.8 Å². The Morgan fingerprint density at radius 1 is 0.750 bits per heavy atom. The molecule has 0 saturated heterocycles. The van der Waals surface area contributed by atoms with Crippen LogP contribution in [0.5, 0.6) is 0 Å². The minimum absolute atomic E-state index is 0.240. The molecule has 1 nitrogen and oxygen atoms in total. The number of rotatable bonds is 4. The van der Waals surface area contributed by atoms with Gasteiger partial charge in [-0.05, 0) is 50.7 Å². The monoisotopic (exact) mass is 318 g/mol. The molecule has 0 N–H and O–H groups in total. The van der Waals surface area contributed by atoms with E-state index in [0.717, 1.165) is 25.7 Å². The van der Waals surface area contributed by atoms with Gasteiger partial charge in [-0.15, -0.1) is 0 Å². The number of carbonyl (C=O) groups is 1. The summed E-state index contributed by atoms with van der Waals surface area (Å²) in [6.07, 6.45) is 6.41. The van der Waals surface area contributed by atoms with E-state index in [4.69, 9.17) is 0 Å². The van der Waals surface area contributed by atoms with E-state index in [0.29, 0.717) is 5.78 Å². The normalized spacial score (nSPS) is 20.8. The van der Waals surface area contributed by atoms with Crippen LogP contribution < -0.4 is 0 Å². The van der Waals surface area contributed by atoms with Crippen LogP contribution >= 0.6 is 0 Å². The summed E-state index contributed by atoms with van der Waals surface area (Å²) in [4.78, 5) is 13.9. The maximum atomic E-state index is 13.9. The lowest BCUT2D eigenvalue weighted by Gasteiger charge is -2.51. The SMILES string of the molecule is Cc1cccc(C2(C(=O)C3(c4cccc(C)c4)CCC3)CCC2)c1. The highest BCUT2D eigenvalue weighted by Gasteiger charge is 2.56. The molecule has 124 valence electrons. The number of hydrogen-bond acceptors (Lipinski definition) is 1. The molecule has 1 heteroatoms. The first-order valence-corrected chi connectivity index (χ1v) is 9.26. The number of ketones is 1. The summed E-state index contributed by atoms with van der Waals surface area (Å²) in [6.45, 7) is 4.25. The molecule has 4 rings (SSSR count). The number of Topliss-reactive ketones (excluding diaryl/α,β-unsaturated/α-hetero) is 1. The molecule has 0 unspecified atom stereocenters. The Kier molecular flexibility index (Phi) is 3.63. The lowest BCUT2D eigenvalue weighted by molar-refractivity contribution is -0.137. The van der Waals surface area contributed by atoms with Crippen LogP contribution in [0.1, 0.15) is 60.8 Å². The Morgan fingerprint density at radius 2 is 1.17 bits per heavy atom. The topological polar surface area (TPSA) is 17.1 Å². The lowest BCUT2D eigenvalue weighted by Crippen LogP contribution is -2.55. The fourth-order valence-electron chi connectivity index (χ4n) is 4.70. The van der Waals surface area contributed by atoms with E-state index >= 15 is 0 Å². The first-order valence-electron chi connectivity index (χ1n) is 9.26. The summed E-state index contributed by atoms with van der Waals surface area (Å²) in [5.74, 6) is 0.490. The first kappa shape index (κ1) is 15.6. The second-order valence-electron chi connectivity index (χ2n) is 7.94. The van der Waals surface area contributed by atoms with Crippen molar-refractivity contribution in [1.82, 2.24) is 0 Å². The summed E-state index contributed by atoms with van der Waals surface area (Å²) in [5.41, 5.74) is 4.52. The minimum Gasteiger partial charge on any atom is -0.298 e. The van der Waals surface area contributed by atoms with Gasteiger partial charge in [0.1, 0.15) is 0 Å². The highest BCUT2D eigenvalue weighted by atomic mass is 16.1. The van der Waals surface area contributed by atoms with Crippen molar-refractivity contribution in [2.75, 3.05) is 0 Å². The van der Waals surface area contributed by atoms with Gasteiger partial charge < -0.3 is 0 Å². The zero-order valence-electron chi connectivity index (χ0n) is 14.8. The molecule has 2 aromatic rings. The third-order valence-electron chi connectivity index (χ3n) is 6.42. The van der Waals surface area contributed by atoms with Gasteiger partial charge in [-0.3, -0.25) is 4.79 Å². The van der Waals surface area contributed by atoms with Crippen molar-refractivity contribution < 1.29 is 4.79 Å². The minimum atomic E-state index is -0.240. The van der Waals surface area contributed by atoms with Crippen molar-refractivity contribution in [3.8, 4) is 0 Å². The number of carbonyl (C=O) groups excluding carboxylic acids is 1. The van der Waals surface area contributed by atoms with E-state index in [1.165, 1.54) is 35.1 Å². The molecular weight excluding hydrogens is 292 g/mol. The fourth-order valence-corrected chi connectivity index (χ4v) is 4.70. The maximum Gasteiger partial charge on any atom is 0.153 e. The van der Waals surface area contributed by atoms with Gasteiger partial charge in [0, 0.05) is 0 Å². The number of hydrogen-bond donors (Lipinski definition) is 0. The predicted octanol–water partition coefficient (Wildman–Crippen LogP) is 5.42. The molecule has 0 radical (unpaired) electrons. The van der Waals surface area contributed by atoms with Crippen LogP contribution in [0, 0.1) is 13.8 Å². The number of benzene rings is 2. The molecule has 0 heterocycles. The molecule has 0 aromatic heterocycles. The van der Waals surface area contributed by atoms with Gasteiger partial charge in [-0.25, -0.2) is 0 Å². The van der Waals surface area contributed by atoms with Gasteiger partial charge in [0.25, 0.3) is 0 Å². The molecule has 2 aliphatic rings. The smallest absolute Gasteiger partial charge is 0.153 e. The average Bonchev–Trinajstić information content (AvgIpc) is 2.45. The van der Waals surface area contributed by atoms with E-state index in [2.05, 4.69) is 62.4 Å². The highest BCUT2D eigenvalue weighted by Crippen LogP contribution is 2.55. The molecule has 2 saturated carbocycles. The highest BCUT2D eigenvalue weighted by molar-refractivity contribution is 6.00. The quantitative estimate of drug-likeness (QED) is 0.736. The van der Waals surface area contributed by atoms with Gasteiger partial charge in [-0.2, -0.15) is 0 Å². The van der Waals surface area contributed by atoms with E-state index in [1.54, 1.807) is 0 Å². The van der Waals surface area contributed by atoms with E-state index in [9.17, 15) is 4.79 Å². The van der Waals surface area contributed by atoms with Gasteiger partial charge >= 0.3 is 0 Å². The van der Waals surface area contributed by atoms with Gasteiger partial charge in [0.2, 0.25) is 0 Å². The molecule has 2 aliphatic carbocycles. The van der Waals surface area contributed by atoms with Crippen molar-refractivity contribution in [2.24, 2.45) is 0 Å². The Morgan fingerprint density at radius 3 is 1.46 bits per heavy atom. The van der Waals surface area contributed by atoms with Crippen LogP contribution in [-0.2, 0) is 15.6 Å². The summed E-state index contributed by atoms with van der Waals surface area (Å²) in [6, 6.07) is 17.3. The molecule has 24 heavy (non-hydrogen) atoms. The van der Waals surface area contributed by atoms with Crippen molar-refractivity contribution >= 4 is 5.78 Å². The molecule has 0 spiro atoms. The first-order chi connectivity index (χ1) is 11.6. The Bertz CT molecular complexity index is 713. The zero-order chi connectivity index (χ0) is 16.8. The molecule has 2 fully saturated rings. The van der Waals surface area contributed by atoms with E-state index in [1.807, 2.05) is 0 Å². The van der Waals surface area contributed by atoms with Crippen molar-refractivity contribution in [3.63, 3.8) is 0 Å². The Balaban J connectivity index is 1.78. The molecule has 2 aromatic carbocycles. The van der Waals surface area contributed by atoms with E-state index < -0.39 is 0 Å². The standard InChI is InChI=1S/C23H26O/c1-17-7-3-9-19(15-17)22(11-5-12-22)21(24)23(13-6-14-23)20-10-4-8-18(2)16-20/h3-4,7-10,15-16H,5-6,11-14H2,1-2H3. The lowest BCUT2D eigenvalue weighted by atomic mass is 9.50. The Labute approximate surface area is 145 Å². The van der Waals surface area contributed by atoms with Gasteiger partial charge in [0.15, 0.2) is 5.78 Å². The van der Waals surface area contributed by atoms with Gasteiger partial charge in [0.05, 0.1) is 10.8 Å². The second-order valence-corrected chi connectivity index (χ2v) is 7.94. The summed E-state index contributed by atoms with van der Waals surface area (Å²) >= 11 is 0. The summed E-state index contributed by atoms with van der Waals surface area (Å²) < 4.78 is 0. The summed E-state index contributed by atoms with van der Waals surface area (Å²) in [5, 5.41) is 0. The van der Waals surface area contributed by atoms with Crippen LogP contribution in [0.4, 0.5) is 0 Å². The largest absolute Gasteiger partial charge is 0.298 e. The van der Waals surface area contributed by atoms with Crippen LogP contribution in [0.3, 0.4) is 0 Å². The predicted molar refractivity (Wildman–Crippen MR) is 98.4 cm³/mol. The van der Waals surface area contributed by atoms with Crippen molar-refractivity contribution in [2.45, 2.75) is 63.2 Å². The third-order valence-corrected chi connectivity index (χ3v) is 6.42. The Hall–Kier alpha value is -1.89. The van der Waals surface area contributed by atoms with E-state index in [-0.39, 0.29) is 10.8 Å². The van der Waals surface area contributed by atoms with Crippen LogP contribution in [0.15, 0.2) is 48.5 Å². The molecule has 0 bridgehead atoms. The molecule has 0 aliphatic heterocycles. The third kappa shape index (κ3) is 2.17. The van der Waals surface area contributed by atoms with Crippen LogP contribution in [-0.4, -0.2) is 5.78 Å². The molecule has 0 atom stereocenters.